The molecular formula is C12H3N13O6. The molecule has 2 aromatic carbocycles. The smallest absolute Gasteiger partial charge is 0.270 e. The highest BCUT2D eigenvalue weighted by Gasteiger charge is 2.35. The molecule has 0 fully saturated rings. The zero-order valence-electron chi connectivity index (χ0n) is 14.5. The van der Waals surface area contributed by atoms with Crippen molar-refractivity contribution in [3.63, 3.8) is 0 Å². The van der Waals surface area contributed by atoms with E-state index in [2.05, 4.69) is 30.2 Å². The third kappa shape index (κ3) is 2.63. The molecule has 2 aromatic heterocycles. The molecule has 0 N–H and O–H groups in total. The molecule has 0 bridgehead atoms. The topological polar surface area (TPSA) is 262 Å². The van der Waals surface area contributed by atoms with E-state index in [1.54, 1.807) is 0 Å². The van der Waals surface area contributed by atoms with Crippen LogP contribution in [0.15, 0.2) is 28.4 Å². The number of nitro groups is 3. The summed E-state index contributed by atoms with van der Waals surface area (Å²) in [5.74, 6) is 0. The van der Waals surface area contributed by atoms with E-state index < -0.39 is 37.5 Å². The number of rotatable bonds is 5. The van der Waals surface area contributed by atoms with Crippen LogP contribution < -0.4 is 9.73 Å². The van der Waals surface area contributed by atoms with Gasteiger partial charge in [-0.25, -0.2) is 0 Å². The van der Waals surface area contributed by atoms with E-state index in [1.165, 1.54) is 0 Å². The van der Waals surface area contributed by atoms with Crippen molar-refractivity contribution in [1.82, 2.24) is 14.8 Å². The summed E-state index contributed by atoms with van der Waals surface area (Å²) in [5.41, 5.74) is 13.4. The number of azide groups is 2. The third-order valence-corrected chi connectivity index (χ3v) is 4.15. The molecule has 4 rings (SSSR count). The second-order valence-electron chi connectivity index (χ2n) is 5.72. The fourth-order valence-electron chi connectivity index (χ4n) is 2.99. The minimum Gasteiger partial charge on any atom is -0.270 e. The predicted octanol–water partition coefficient (Wildman–Crippen LogP) is 2.79. The number of nitro benzene ring substituents is 3. The molecule has 0 unspecified atom stereocenters. The highest BCUT2D eigenvalue weighted by atomic mass is 16.6. The first-order chi connectivity index (χ1) is 14.8. The van der Waals surface area contributed by atoms with E-state index in [-0.39, 0.29) is 27.8 Å². The largest absolute Gasteiger partial charge is 0.360 e. The fraction of sp³-hybridized carbons (Fsp3) is 0. The van der Waals surface area contributed by atoms with Crippen LogP contribution in [0.3, 0.4) is 0 Å². The van der Waals surface area contributed by atoms with E-state index in [1.807, 2.05) is 0 Å². The molecule has 31 heavy (non-hydrogen) atoms. The summed E-state index contributed by atoms with van der Waals surface area (Å²) in [6.45, 7) is 0. The predicted molar refractivity (Wildman–Crippen MR) is 96.8 cm³/mol. The molecular weight excluding hydrogens is 422 g/mol. The van der Waals surface area contributed by atoms with Gasteiger partial charge in [-0.05, 0) is 21.3 Å². The summed E-state index contributed by atoms with van der Waals surface area (Å²) < 4.78 is 1.88. The van der Waals surface area contributed by atoms with Gasteiger partial charge in [-0.2, -0.15) is 4.63 Å². The first-order valence-electron chi connectivity index (χ1n) is 7.74. The van der Waals surface area contributed by atoms with Crippen molar-refractivity contribution in [3.05, 3.63) is 69.4 Å². The van der Waals surface area contributed by atoms with Crippen LogP contribution in [0.25, 0.3) is 43.0 Å². The minimum absolute atomic E-state index is 0.0378. The third-order valence-electron chi connectivity index (χ3n) is 4.15. The van der Waals surface area contributed by atoms with E-state index in [0.717, 1.165) is 27.5 Å². The summed E-state index contributed by atoms with van der Waals surface area (Å²) in [6, 6.07) is 2.81. The number of non-ortho nitro benzene ring substituents is 1. The molecule has 0 radical (unpaired) electrons. The zero-order valence-corrected chi connectivity index (χ0v) is 14.5. The van der Waals surface area contributed by atoms with Crippen LogP contribution in [-0.4, -0.2) is 24.5 Å². The number of aromatic nitrogens is 4. The number of nitrogens with zero attached hydrogens (tertiary/aromatic N) is 13. The lowest BCUT2D eigenvalue weighted by molar-refractivity contribution is -0.654. The van der Waals surface area contributed by atoms with E-state index >= 15 is 0 Å². The van der Waals surface area contributed by atoms with Gasteiger partial charge in [0.2, 0.25) is 5.52 Å². The lowest BCUT2D eigenvalue weighted by atomic mass is 10.2. The van der Waals surface area contributed by atoms with Gasteiger partial charge in [0.25, 0.3) is 5.69 Å². The van der Waals surface area contributed by atoms with E-state index in [9.17, 15) is 30.3 Å². The molecule has 19 nitrogen and oxygen atoms in total. The summed E-state index contributed by atoms with van der Waals surface area (Å²) in [7, 11) is 0. The van der Waals surface area contributed by atoms with Gasteiger partial charge in [0.1, 0.15) is 0 Å². The van der Waals surface area contributed by atoms with Crippen LogP contribution >= 0.6 is 0 Å². The van der Waals surface area contributed by atoms with Crippen LogP contribution in [0, 0.1) is 30.3 Å². The molecule has 0 aliphatic carbocycles. The van der Waals surface area contributed by atoms with E-state index in [4.69, 9.17) is 11.1 Å². The molecule has 4 aromatic rings. The molecule has 19 heteroatoms. The average Bonchev–Trinajstić information content (AvgIpc) is 3.24. The summed E-state index contributed by atoms with van der Waals surface area (Å²) in [5, 5.41) is 48.7. The molecule has 2 heterocycles. The minimum atomic E-state index is -1.09. The Kier molecular flexibility index (Phi) is 3.95. The first-order valence-corrected chi connectivity index (χ1v) is 7.74. The maximum absolute atomic E-state index is 11.4. The Morgan fingerprint density at radius 1 is 1.03 bits per heavy atom. The van der Waals surface area contributed by atoms with Crippen molar-refractivity contribution in [3.8, 4) is 0 Å². The van der Waals surface area contributed by atoms with Crippen molar-refractivity contribution < 1.29 is 19.4 Å². The molecule has 152 valence electrons. The SMILES string of the molecule is [N-]=[N+]=Nc1c([N+](=O)[O-])c([N+](=O)[O-])cc2c1nn1c3cc([N+](=O)[O-])cc(N=[N+]=[N-])c3[n-][n+]21. The lowest BCUT2D eigenvalue weighted by Crippen LogP contribution is -2.30. The Morgan fingerprint density at radius 2 is 1.74 bits per heavy atom. The number of fused-ring (bicyclic) bond motifs is 5. The standard InChI is InChI=1S/C12H3N13O6/c13-19-15-5-1-4(23(26)27)2-6-9(5)17-22-7-3-8(24(28)29)12(25(30)31)11(16-20-14)10(7)18-21(6)22/h1-3H. The van der Waals surface area contributed by atoms with Gasteiger partial charge < -0.3 is 0 Å². The van der Waals surface area contributed by atoms with Crippen molar-refractivity contribution in [1.29, 1.82) is 0 Å². The molecule has 0 aliphatic heterocycles. The number of benzene rings is 2. The normalized spacial score (nSPS) is 10.7. The molecule has 0 aliphatic rings. The van der Waals surface area contributed by atoms with Crippen molar-refractivity contribution in [2.75, 3.05) is 0 Å². The van der Waals surface area contributed by atoms with E-state index in [0.29, 0.717) is 0 Å². The number of hydrogen-bond donors (Lipinski definition) is 0. The summed E-state index contributed by atoms with van der Waals surface area (Å²) in [6.07, 6.45) is 0. The number of hydrogen-bond acceptors (Lipinski definition) is 9. The Morgan fingerprint density at radius 3 is 2.32 bits per heavy atom. The monoisotopic (exact) mass is 425 g/mol. The lowest BCUT2D eigenvalue weighted by Gasteiger charge is -1.99. The van der Waals surface area contributed by atoms with Crippen LogP contribution in [-0.2, 0) is 0 Å². The molecule has 0 spiro atoms. The second kappa shape index (κ2) is 6.51. The highest BCUT2D eigenvalue weighted by Crippen LogP contribution is 2.41. The Bertz CT molecular complexity index is 1590. The van der Waals surface area contributed by atoms with Crippen LogP contribution in [0.4, 0.5) is 28.4 Å². The van der Waals surface area contributed by atoms with Crippen LogP contribution in [0.1, 0.15) is 0 Å². The Labute approximate surface area is 165 Å². The van der Waals surface area contributed by atoms with Gasteiger partial charge in [0.05, 0.1) is 32.0 Å². The quantitative estimate of drug-likeness (QED) is 0.114. The summed E-state index contributed by atoms with van der Waals surface area (Å²) >= 11 is 0. The fourth-order valence-corrected chi connectivity index (χ4v) is 2.99. The maximum atomic E-state index is 11.4. The van der Waals surface area contributed by atoms with Crippen molar-refractivity contribution >= 4 is 50.5 Å². The second-order valence-corrected chi connectivity index (χ2v) is 5.72. The van der Waals surface area contributed by atoms with Crippen LogP contribution in [0.2, 0.25) is 0 Å². The van der Waals surface area contributed by atoms with Gasteiger partial charge >= 0.3 is 11.4 Å². The molecule has 0 saturated heterocycles. The van der Waals surface area contributed by atoms with Gasteiger partial charge in [-0.15, -0.1) is 4.63 Å². The van der Waals surface area contributed by atoms with Gasteiger partial charge in [0, 0.05) is 27.5 Å². The maximum Gasteiger partial charge on any atom is 0.360 e. The molecule has 0 amide bonds. The van der Waals surface area contributed by atoms with Crippen LogP contribution in [0.5, 0.6) is 0 Å². The Balaban J connectivity index is 2.26. The summed E-state index contributed by atoms with van der Waals surface area (Å²) in [4.78, 5) is 36.2. The molecule has 0 saturated carbocycles. The van der Waals surface area contributed by atoms with Gasteiger partial charge in [0.15, 0.2) is 11.2 Å². The van der Waals surface area contributed by atoms with Gasteiger partial charge in [-0.1, -0.05) is 5.11 Å². The van der Waals surface area contributed by atoms with Crippen molar-refractivity contribution in [2.24, 2.45) is 10.2 Å². The van der Waals surface area contributed by atoms with Crippen molar-refractivity contribution in [2.45, 2.75) is 0 Å². The zero-order chi connectivity index (χ0) is 22.4. The van der Waals surface area contributed by atoms with Gasteiger partial charge in [-0.3, -0.25) is 35.4 Å². The molecule has 0 atom stereocenters. The average molecular weight is 425 g/mol. The highest BCUT2D eigenvalue weighted by molar-refractivity contribution is 5.95. The first kappa shape index (κ1) is 18.8. The Hall–Kier alpha value is -5.54.